The van der Waals surface area contributed by atoms with Crippen LogP contribution in [0, 0.1) is 6.92 Å². The molecule has 1 heterocycles. The minimum absolute atomic E-state index is 0.750. The molecule has 0 fully saturated rings. The molecule has 0 saturated heterocycles. The molecule has 0 unspecified atom stereocenters. The number of ether oxygens (including phenoxy) is 1. The van der Waals surface area contributed by atoms with Gasteiger partial charge < -0.3 is 10.1 Å². The van der Waals surface area contributed by atoms with E-state index in [4.69, 9.17) is 4.74 Å². The lowest BCUT2D eigenvalue weighted by Gasteiger charge is -2.13. The molecule has 2 aromatic rings. The van der Waals surface area contributed by atoms with Gasteiger partial charge in [0.25, 0.3) is 0 Å². The van der Waals surface area contributed by atoms with Crippen molar-refractivity contribution in [3.8, 4) is 5.75 Å². The van der Waals surface area contributed by atoms with Gasteiger partial charge in [0.1, 0.15) is 5.75 Å². The highest BCUT2D eigenvalue weighted by Gasteiger charge is 2.05. The third-order valence-corrected chi connectivity index (χ3v) is 3.05. The van der Waals surface area contributed by atoms with Gasteiger partial charge in [0.2, 0.25) is 0 Å². The smallest absolute Gasteiger partial charge is 0.141 e. The molecule has 2 rings (SSSR count). The van der Waals surface area contributed by atoms with Crippen LogP contribution in [-0.2, 0) is 13.1 Å². The number of aromatic nitrogens is 2. The number of methoxy groups -OCH3 is 1. The predicted octanol–water partition coefficient (Wildman–Crippen LogP) is 3.22. The second-order valence-corrected chi connectivity index (χ2v) is 4.60. The fraction of sp³-hybridized carbons (Fsp3) is 0.400. The maximum absolute atomic E-state index is 5.36. The van der Waals surface area contributed by atoms with E-state index < -0.39 is 0 Å². The van der Waals surface area contributed by atoms with Crippen molar-refractivity contribution in [1.82, 2.24) is 9.78 Å². The fourth-order valence-electron chi connectivity index (χ4n) is 2.07. The first-order valence-electron chi connectivity index (χ1n) is 6.63. The highest BCUT2D eigenvalue weighted by molar-refractivity contribution is 5.58. The Labute approximate surface area is 114 Å². The van der Waals surface area contributed by atoms with Crippen molar-refractivity contribution in [2.75, 3.05) is 12.4 Å². The Hall–Kier alpha value is -1.97. The second-order valence-electron chi connectivity index (χ2n) is 4.60. The van der Waals surface area contributed by atoms with Gasteiger partial charge in [-0.15, -0.1) is 0 Å². The Balaban J connectivity index is 2.09. The number of nitrogens with one attached hydrogen (secondary N) is 1. The molecule has 19 heavy (non-hydrogen) atoms. The molecule has 0 radical (unpaired) electrons. The highest BCUT2D eigenvalue weighted by Crippen LogP contribution is 2.25. The maximum atomic E-state index is 5.36. The van der Waals surface area contributed by atoms with E-state index in [-0.39, 0.29) is 0 Å². The second kappa shape index (κ2) is 6.27. The van der Waals surface area contributed by atoms with E-state index in [1.807, 2.05) is 29.1 Å². The van der Waals surface area contributed by atoms with Gasteiger partial charge in [0.05, 0.1) is 25.0 Å². The number of aryl methyl sites for hydroxylation is 2. The maximum Gasteiger partial charge on any atom is 0.141 e. The molecule has 0 aliphatic heterocycles. The van der Waals surface area contributed by atoms with Crippen LogP contribution in [0.2, 0.25) is 0 Å². The predicted molar refractivity (Wildman–Crippen MR) is 77.6 cm³/mol. The van der Waals surface area contributed by atoms with Crippen molar-refractivity contribution >= 4 is 5.69 Å². The summed E-state index contributed by atoms with van der Waals surface area (Å²) in [4.78, 5) is 0. The van der Waals surface area contributed by atoms with Gasteiger partial charge in [0.15, 0.2) is 0 Å². The molecule has 1 aromatic heterocycles. The highest BCUT2D eigenvalue weighted by atomic mass is 16.5. The Morgan fingerprint density at radius 2 is 2.16 bits per heavy atom. The lowest BCUT2D eigenvalue weighted by molar-refractivity contribution is 0.416. The van der Waals surface area contributed by atoms with Crippen LogP contribution < -0.4 is 10.1 Å². The van der Waals surface area contributed by atoms with Crippen molar-refractivity contribution in [1.29, 1.82) is 0 Å². The summed E-state index contributed by atoms with van der Waals surface area (Å²) in [6.07, 6.45) is 2.93. The minimum atomic E-state index is 0.750. The largest absolute Gasteiger partial charge is 0.495 e. The molecule has 102 valence electrons. The van der Waals surface area contributed by atoms with Gasteiger partial charge in [-0.05, 0) is 37.1 Å². The summed E-state index contributed by atoms with van der Waals surface area (Å²) in [5.41, 5.74) is 3.42. The van der Waals surface area contributed by atoms with E-state index in [9.17, 15) is 0 Å². The summed E-state index contributed by atoms with van der Waals surface area (Å²) < 4.78 is 7.40. The van der Waals surface area contributed by atoms with Crippen molar-refractivity contribution < 1.29 is 4.74 Å². The van der Waals surface area contributed by atoms with Crippen molar-refractivity contribution in [2.45, 2.75) is 33.4 Å². The minimum Gasteiger partial charge on any atom is -0.495 e. The molecule has 0 aliphatic carbocycles. The summed E-state index contributed by atoms with van der Waals surface area (Å²) in [6, 6.07) is 8.18. The van der Waals surface area contributed by atoms with Crippen LogP contribution >= 0.6 is 0 Å². The molecule has 4 nitrogen and oxygen atoms in total. The number of hydrogen-bond donors (Lipinski definition) is 1. The Kier molecular flexibility index (Phi) is 4.44. The standard InChI is InChI=1S/C15H21N3O/c1-4-9-18-13(7-8-17-18)11-16-14-10-12(2)5-6-15(14)19-3/h5-8,10,16H,4,9,11H2,1-3H3. The van der Waals surface area contributed by atoms with E-state index in [0.717, 1.165) is 30.9 Å². The third kappa shape index (κ3) is 3.28. The monoisotopic (exact) mass is 259 g/mol. The molecule has 0 saturated carbocycles. The first-order chi connectivity index (χ1) is 9.24. The summed E-state index contributed by atoms with van der Waals surface area (Å²) in [7, 11) is 1.69. The van der Waals surface area contributed by atoms with E-state index in [1.165, 1.54) is 11.3 Å². The van der Waals surface area contributed by atoms with Crippen LogP contribution in [-0.4, -0.2) is 16.9 Å². The quantitative estimate of drug-likeness (QED) is 0.865. The van der Waals surface area contributed by atoms with Crippen molar-refractivity contribution in [3.05, 3.63) is 41.7 Å². The van der Waals surface area contributed by atoms with Crippen LogP contribution in [0.25, 0.3) is 0 Å². The van der Waals surface area contributed by atoms with Gasteiger partial charge >= 0.3 is 0 Å². The van der Waals surface area contributed by atoms with Crippen molar-refractivity contribution in [2.24, 2.45) is 0 Å². The zero-order valence-electron chi connectivity index (χ0n) is 11.8. The summed E-state index contributed by atoms with van der Waals surface area (Å²) >= 11 is 0. The molecular weight excluding hydrogens is 238 g/mol. The van der Waals surface area contributed by atoms with E-state index in [0.29, 0.717) is 0 Å². The van der Waals surface area contributed by atoms with Crippen LogP contribution in [0.4, 0.5) is 5.69 Å². The van der Waals surface area contributed by atoms with Gasteiger partial charge in [-0.2, -0.15) is 5.10 Å². The topological polar surface area (TPSA) is 39.1 Å². The summed E-state index contributed by atoms with van der Waals surface area (Å²) in [5.74, 6) is 0.868. The summed E-state index contributed by atoms with van der Waals surface area (Å²) in [5, 5.41) is 7.74. The molecule has 4 heteroatoms. The lowest BCUT2D eigenvalue weighted by atomic mass is 10.2. The Bertz CT molecular complexity index is 534. The molecule has 0 amide bonds. The average molecular weight is 259 g/mol. The van der Waals surface area contributed by atoms with E-state index >= 15 is 0 Å². The average Bonchev–Trinajstić information content (AvgIpc) is 2.84. The number of anilines is 1. The van der Waals surface area contributed by atoms with Crippen LogP contribution in [0.5, 0.6) is 5.75 Å². The van der Waals surface area contributed by atoms with Crippen molar-refractivity contribution in [3.63, 3.8) is 0 Å². The first kappa shape index (κ1) is 13.5. The zero-order valence-corrected chi connectivity index (χ0v) is 11.8. The number of benzene rings is 1. The molecule has 1 aromatic carbocycles. The van der Waals surface area contributed by atoms with Gasteiger partial charge in [0, 0.05) is 12.7 Å². The molecular formula is C15H21N3O. The number of rotatable bonds is 6. The molecule has 0 spiro atoms. The number of hydrogen-bond acceptors (Lipinski definition) is 3. The summed E-state index contributed by atoms with van der Waals surface area (Å²) in [6.45, 7) is 5.93. The third-order valence-electron chi connectivity index (χ3n) is 3.05. The fourth-order valence-corrected chi connectivity index (χ4v) is 2.07. The number of nitrogens with zero attached hydrogens (tertiary/aromatic N) is 2. The normalized spacial score (nSPS) is 10.5. The van der Waals surface area contributed by atoms with Gasteiger partial charge in [-0.3, -0.25) is 4.68 Å². The lowest BCUT2D eigenvalue weighted by Crippen LogP contribution is -2.09. The Morgan fingerprint density at radius 1 is 1.32 bits per heavy atom. The van der Waals surface area contributed by atoms with E-state index in [2.05, 4.69) is 30.3 Å². The molecule has 0 bridgehead atoms. The molecule has 0 aliphatic rings. The van der Waals surface area contributed by atoms with Crippen LogP contribution in [0.3, 0.4) is 0 Å². The van der Waals surface area contributed by atoms with Crippen LogP contribution in [0.15, 0.2) is 30.5 Å². The molecule has 0 atom stereocenters. The molecule has 1 N–H and O–H groups in total. The Morgan fingerprint density at radius 3 is 2.89 bits per heavy atom. The van der Waals surface area contributed by atoms with Gasteiger partial charge in [-0.25, -0.2) is 0 Å². The SMILES string of the molecule is CCCn1nccc1CNc1cc(C)ccc1OC. The van der Waals surface area contributed by atoms with Gasteiger partial charge in [-0.1, -0.05) is 13.0 Å². The van der Waals surface area contributed by atoms with E-state index in [1.54, 1.807) is 7.11 Å². The van der Waals surface area contributed by atoms with Crippen LogP contribution in [0.1, 0.15) is 24.6 Å². The zero-order chi connectivity index (χ0) is 13.7. The first-order valence-corrected chi connectivity index (χ1v) is 6.63.